The summed E-state index contributed by atoms with van der Waals surface area (Å²) in [6.45, 7) is 5.68. The summed E-state index contributed by atoms with van der Waals surface area (Å²) < 4.78 is 45.4. The third kappa shape index (κ3) is 5.14. The van der Waals surface area contributed by atoms with Gasteiger partial charge in [-0.15, -0.1) is 0 Å². The van der Waals surface area contributed by atoms with Gasteiger partial charge in [0.25, 0.3) is 11.7 Å². The van der Waals surface area contributed by atoms with E-state index >= 15 is 0 Å². The van der Waals surface area contributed by atoms with Gasteiger partial charge in [0.1, 0.15) is 11.5 Å². The smallest absolute Gasteiger partial charge is 0.416 e. The van der Waals surface area contributed by atoms with Crippen LogP contribution in [0.4, 0.5) is 13.2 Å². The maximum atomic E-state index is 13.4. The van der Waals surface area contributed by atoms with E-state index < -0.39 is 35.2 Å². The summed E-state index contributed by atoms with van der Waals surface area (Å²) in [6, 6.07) is 12.0. The lowest BCUT2D eigenvalue weighted by Gasteiger charge is -2.26. The van der Waals surface area contributed by atoms with Crippen LogP contribution in [0.1, 0.15) is 54.6 Å². The Morgan fingerprint density at radius 2 is 1.76 bits per heavy atom. The Bertz CT molecular complexity index is 1410. The molecule has 1 fully saturated rings. The van der Waals surface area contributed by atoms with Crippen LogP contribution in [-0.2, 0) is 27.7 Å². The largest absolute Gasteiger partial charge is 0.507 e. The molecule has 0 aliphatic carbocycles. The predicted molar refractivity (Wildman–Crippen MR) is 135 cm³/mol. The van der Waals surface area contributed by atoms with Crippen LogP contribution in [0.15, 0.2) is 72.6 Å². The van der Waals surface area contributed by atoms with Crippen LogP contribution in [0.5, 0.6) is 5.75 Å². The number of aliphatic hydroxyl groups excluding tert-OH is 1. The van der Waals surface area contributed by atoms with E-state index in [4.69, 9.17) is 4.74 Å². The molecule has 38 heavy (non-hydrogen) atoms. The van der Waals surface area contributed by atoms with Crippen molar-refractivity contribution in [3.05, 3.63) is 100 Å². The zero-order chi connectivity index (χ0) is 27.8. The van der Waals surface area contributed by atoms with Crippen molar-refractivity contribution >= 4 is 17.4 Å². The SMILES string of the molecule is COc1ccc(C(C)(C)C)cc1/C(O)=C1\C(=O)C(=O)N(Cc2cccc(C(F)(F)F)c2)C1c1cccnc1. The molecule has 0 spiro atoms. The molecule has 0 radical (unpaired) electrons. The number of carbonyl (C=O) groups is 2. The van der Waals surface area contributed by atoms with E-state index in [1.807, 2.05) is 26.8 Å². The highest BCUT2D eigenvalue weighted by atomic mass is 19.4. The van der Waals surface area contributed by atoms with E-state index in [1.165, 1.54) is 31.6 Å². The molecule has 1 aliphatic heterocycles. The average Bonchev–Trinajstić information content (AvgIpc) is 3.12. The number of halogens is 3. The van der Waals surface area contributed by atoms with Crippen LogP contribution in [-0.4, -0.2) is 33.8 Å². The molecule has 2 aromatic carbocycles. The zero-order valence-electron chi connectivity index (χ0n) is 21.3. The summed E-state index contributed by atoms with van der Waals surface area (Å²) in [5, 5.41) is 11.5. The fourth-order valence-electron chi connectivity index (χ4n) is 4.47. The standard InChI is InChI=1S/C29H27F3N2O4/c1-28(2,3)19-10-11-22(38-4)21(14-19)25(35)23-24(18-8-6-12-33-15-18)34(27(37)26(23)36)16-17-7-5-9-20(13-17)29(30,31)32/h5-15,24,35H,16H2,1-4H3/b25-23+. The van der Waals surface area contributed by atoms with Gasteiger partial charge in [0, 0.05) is 18.9 Å². The van der Waals surface area contributed by atoms with Crippen molar-refractivity contribution in [3.8, 4) is 5.75 Å². The van der Waals surface area contributed by atoms with Crippen molar-refractivity contribution in [1.82, 2.24) is 9.88 Å². The first-order valence-electron chi connectivity index (χ1n) is 11.9. The topological polar surface area (TPSA) is 79.7 Å². The lowest BCUT2D eigenvalue weighted by molar-refractivity contribution is -0.140. The first-order valence-corrected chi connectivity index (χ1v) is 11.9. The Labute approximate surface area is 218 Å². The third-order valence-electron chi connectivity index (χ3n) is 6.47. The fraction of sp³-hybridized carbons (Fsp3) is 0.276. The molecule has 1 amide bonds. The van der Waals surface area contributed by atoms with Crippen molar-refractivity contribution in [2.24, 2.45) is 0 Å². The molecule has 9 heteroatoms. The minimum absolute atomic E-state index is 0.183. The van der Waals surface area contributed by atoms with Crippen molar-refractivity contribution in [2.45, 2.75) is 44.9 Å². The van der Waals surface area contributed by atoms with Crippen LogP contribution >= 0.6 is 0 Å². The second-order valence-electron chi connectivity index (χ2n) is 10.1. The summed E-state index contributed by atoms with van der Waals surface area (Å²) in [5.74, 6) is -2.04. The van der Waals surface area contributed by atoms with Crippen molar-refractivity contribution < 1.29 is 32.6 Å². The molecular formula is C29H27F3N2O4. The van der Waals surface area contributed by atoms with Gasteiger partial charge in [-0.1, -0.05) is 45.0 Å². The Morgan fingerprint density at radius 1 is 1.03 bits per heavy atom. The van der Waals surface area contributed by atoms with E-state index in [9.17, 15) is 27.9 Å². The molecule has 1 aliphatic rings. The molecule has 1 atom stereocenters. The van der Waals surface area contributed by atoms with Crippen LogP contribution < -0.4 is 4.74 Å². The maximum absolute atomic E-state index is 13.4. The van der Waals surface area contributed by atoms with Gasteiger partial charge in [-0.2, -0.15) is 13.2 Å². The number of benzene rings is 2. The highest BCUT2D eigenvalue weighted by Gasteiger charge is 2.46. The number of amides is 1. The van der Waals surface area contributed by atoms with Crippen molar-refractivity contribution in [2.75, 3.05) is 7.11 Å². The molecule has 1 N–H and O–H groups in total. The van der Waals surface area contributed by atoms with Gasteiger partial charge < -0.3 is 14.7 Å². The number of alkyl halides is 3. The zero-order valence-corrected chi connectivity index (χ0v) is 21.3. The van der Waals surface area contributed by atoms with Gasteiger partial charge in [-0.25, -0.2) is 0 Å². The normalized spacial score (nSPS) is 17.7. The first kappa shape index (κ1) is 26.9. The van der Waals surface area contributed by atoms with Gasteiger partial charge in [0.2, 0.25) is 0 Å². The molecule has 0 saturated carbocycles. The summed E-state index contributed by atoms with van der Waals surface area (Å²) >= 11 is 0. The maximum Gasteiger partial charge on any atom is 0.416 e. The Balaban J connectivity index is 1.89. The molecule has 1 saturated heterocycles. The number of aliphatic hydroxyl groups is 1. The molecule has 0 bridgehead atoms. The molecule has 1 unspecified atom stereocenters. The summed E-state index contributed by atoms with van der Waals surface area (Å²) in [5.41, 5.74) is 0.336. The molecule has 198 valence electrons. The molecule has 6 nitrogen and oxygen atoms in total. The number of pyridine rings is 1. The lowest BCUT2D eigenvalue weighted by Crippen LogP contribution is -2.29. The quantitative estimate of drug-likeness (QED) is 0.251. The number of likely N-dealkylation sites (tertiary alicyclic amines) is 1. The minimum atomic E-state index is -4.57. The number of Topliss-reactive ketones (excluding diaryl/α,β-unsaturated/α-hetero) is 1. The van der Waals surface area contributed by atoms with E-state index in [-0.39, 0.29) is 28.7 Å². The third-order valence-corrected chi connectivity index (χ3v) is 6.47. The number of ketones is 1. The minimum Gasteiger partial charge on any atom is -0.507 e. The Kier molecular flexibility index (Phi) is 7.06. The van der Waals surface area contributed by atoms with E-state index in [0.717, 1.165) is 22.6 Å². The van der Waals surface area contributed by atoms with Crippen molar-refractivity contribution in [1.29, 1.82) is 0 Å². The number of hydrogen-bond donors (Lipinski definition) is 1. The summed E-state index contributed by atoms with van der Waals surface area (Å²) in [6.07, 6.45) is -1.61. The van der Waals surface area contributed by atoms with Gasteiger partial charge in [0.15, 0.2) is 0 Å². The number of hydrogen-bond acceptors (Lipinski definition) is 5. The second kappa shape index (κ2) is 9.96. The molecule has 3 aromatic rings. The van der Waals surface area contributed by atoms with E-state index in [1.54, 1.807) is 24.3 Å². The van der Waals surface area contributed by atoms with Gasteiger partial charge >= 0.3 is 6.18 Å². The molecule has 4 rings (SSSR count). The van der Waals surface area contributed by atoms with E-state index in [2.05, 4.69) is 4.98 Å². The Morgan fingerprint density at radius 3 is 2.37 bits per heavy atom. The highest BCUT2D eigenvalue weighted by molar-refractivity contribution is 6.46. The van der Waals surface area contributed by atoms with Gasteiger partial charge in [-0.3, -0.25) is 14.6 Å². The number of methoxy groups -OCH3 is 1. The van der Waals surface area contributed by atoms with E-state index in [0.29, 0.717) is 11.3 Å². The predicted octanol–water partition coefficient (Wildman–Crippen LogP) is 6.03. The first-order chi connectivity index (χ1) is 17.8. The van der Waals surface area contributed by atoms with Crippen LogP contribution in [0.25, 0.3) is 5.76 Å². The van der Waals surface area contributed by atoms with Crippen LogP contribution in [0.2, 0.25) is 0 Å². The summed E-state index contributed by atoms with van der Waals surface area (Å²) in [7, 11) is 1.42. The average molecular weight is 525 g/mol. The number of carbonyl (C=O) groups excluding carboxylic acids is 2. The molecule has 1 aromatic heterocycles. The molecule has 2 heterocycles. The lowest BCUT2D eigenvalue weighted by atomic mass is 9.85. The fourth-order valence-corrected chi connectivity index (χ4v) is 4.47. The number of ether oxygens (including phenoxy) is 1. The Hall–Kier alpha value is -4.14. The number of nitrogens with zero attached hydrogens (tertiary/aromatic N) is 2. The van der Waals surface area contributed by atoms with Crippen LogP contribution in [0.3, 0.4) is 0 Å². The summed E-state index contributed by atoms with van der Waals surface area (Å²) in [4.78, 5) is 31.9. The second-order valence-corrected chi connectivity index (χ2v) is 10.1. The number of aromatic nitrogens is 1. The monoisotopic (exact) mass is 524 g/mol. The van der Waals surface area contributed by atoms with Crippen molar-refractivity contribution in [3.63, 3.8) is 0 Å². The van der Waals surface area contributed by atoms with Crippen LogP contribution in [0, 0.1) is 0 Å². The molecular weight excluding hydrogens is 497 g/mol. The van der Waals surface area contributed by atoms with Gasteiger partial charge in [0.05, 0.1) is 29.9 Å². The highest BCUT2D eigenvalue weighted by Crippen LogP contribution is 2.42. The number of rotatable bonds is 5. The van der Waals surface area contributed by atoms with Gasteiger partial charge in [-0.05, 0) is 52.4 Å².